The van der Waals surface area contributed by atoms with E-state index in [2.05, 4.69) is 24.0 Å². The topological polar surface area (TPSA) is 57.6 Å². The molecule has 0 fully saturated rings. The second-order valence-corrected chi connectivity index (χ2v) is 9.13. The van der Waals surface area contributed by atoms with Crippen molar-refractivity contribution in [3.63, 3.8) is 0 Å². The minimum Gasteiger partial charge on any atom is -0.283 e. The van der Waals surface area contributed by atoms with Crippen molar-refractivity contribution >= 4 is 23.4 Å². The number of rotatable bonds is 6. The Morgan fingerprint density at radius 3 is 2.39 bits per heavy atom. The molecule has 0 unspecified atom stereocenters. The number of benzene rings is 2. The second kappa shape index (κ2) is 8.77. The van der Waals surface area contributed by atoms with E-state index in [0.29, 0.717) is 27.6 Å². The number of aromatic nitrogens is 5. The third-order valence-electron chi connectivity index (χ3n) is 5.04. The second-order valence-electron chi connectivity index (χ2n) is 7.74. The Morgan fingerprint density at radius 1 is 1.03 bits per heavy atom. The van der Waals surface area contributed by atoms with Crippen LogP contribution in [-0.2, 0) is 7.05 Å². The first-order valence-electron chi connectivity index (χ1n) is 10.1. The average Bonchev–Trinajstić information content (AvgIpc) is 3.25. The molecule has 6 nitrogen and oxygen atoms in total. The van der Waals surface area contributed by atoms with Crippen LogP contribution in [0, 0.1) is 12.8 Å². The molecule has 0 saturated carbocycles. The average molecular weight is 454 g/mol. The highest BCUT2D eigenvalue weighted by atomic mass is 35.5. The number of thioether (sulfide) groups is 1. The van der Waals surface area contributed by atoms with Crippen molar-refractivity contribution < 1.29 is 0 Å². The first-order chi connectivity index (χ1) is 14.9. The summed E-state index contributed by atoms with van der Waals surface area (Å²) >= 11 is 8.08. The Hall–Kier alpha value is -2.77. The van der Waals surface area contributed by atoms with Crippen LogP contribution in [0.4, 0.5) is 0 Å². The number of hydrogen-bond donors (Lipinski definition) is 0. The van der Waals surface area contributed by atoms with E-state index in [9.17, 15) is 4.79 Å². The summed E-state index contributed by atoms with van der Waals surface area (Å²) in [5, 5.41) is 10.1. The van der Waals surface area contributed by atoms with Gasteiger partial charge in [0.05, 0.1) is 16.4 Å². The first-order valence-corrected chi connectivity index (χ1v) is 11.4. The Bertz CT molecular complexity index is 1270. The molecule has 160 valence electrons. The maximum Gasteiger partial charge on any atom is 0.296 e. The highest BCUT2D eigenvalue weighted by Crippen LogP contribution is 2.32. The molecule has 2 heterocycles. The summed E-state index contributed by atoms with van der Waals surface area (Å²) < 4.78 is 5.38. The number of para-hydroxylation sites is 1. The van der Waals surface area contributed by atoms with Crippen LogP contribution in [0.25, 0.3) is 22.8 Å². The van der Waals surface area contributed by atoms with E-state index in [0.717, 1.165) is 22.7 Å². The maximum absolute atomic E-state index is 13.7. The highest BCUT2D eigenvalue weighted by molar-refractivity contribution is 7.99. The lowest BCUT2D eigenvalue weighted by atomic mass is 10.2. The summed E-state index contributed by atoms with van der Waals surface area (Å²) in [4.78, 5) is 13.7. The normalized spacial score (nSPS) is 11.4. The monoisotopic (exact) mass is 453 g/mol. The minimum absolute atomic E-state index is 0.134. The van der Waals surface area contributed by atoms with Gasteiger partial charge in [-0.05, 0) is 37.1 Å². The van der Waals surface area contributed by atoms with Gasteiger partial charge < -0.3 is 0 Å². The molecule has 0 aliphatic heterocycles. The van der Waals surface area contributed by atoms with E-state index < -0.39 is 0 Å². The van der Waals surface area contributed by atoms with E-state index in [1.807, 2.05) is 77.8 Å². The van der Waals surface area contributed by atoms with Crippen molar-refractivity contribution in [1.82, 2.24) is 24.1 Å². The molecule has 0 aliphatic rings. The van der Waals surface area contributed by atoms with E-state index in [4.69, 9.17) is 11.6 Å². The summed E-state index contributed by atoms with van der Waals surface area (Å²) in [6, 6.07) is 17.1. The van der Waals surface area contributed by atoms with Gasteiger partial charge in [0.1, 0.15) is 5.69 Å². The van der Waals surface area contributed by atoms with Gasteiger partial charge in [0.15, 0.2) is 11.0 Å². The van der Waals surface area contributed by atoms with Crippen molar-refractivity contribution in [3.05, 3.63) is 75.7 Å². The van der Waals surface area contributed by atoms with Gasteiger partial charge in [0, 0.05) is 18.4 Å². The van der Waals surface area contributed by atoms with E-state index in [1.165, 1.54) is 0 Å². The third-order valence-corrected chi connectivity index (χ3v) is 6.73. The van der Waals surface area contributed by atoms with Crippen molar-refractivity contribution in [2.24, 2.45) is 13.0 Å². The molecule has 0 saturated heterocycles. The molecule has 0 radical (unpaired) electrons. The van der Waals surface area contributed by atoms with E-state index in [1.54, 1.807) is 16.4 Å². The fourth-order valence-electron chi connectivity index (χ4n) is 3.43. The molecule has 8 heteroatoms. The molecule has 31 heavy (non-hydrogen) atoms. The lowest BCUT2D eigenvalue weighted by Crippen LogP contribution is -2.22. The van der Waals surface area contributed by atoms with Gasteiger partial charge in [0.2, 0.25) is 0 Å². The van der Waals surface area contributed by atoms with Crippen molar-refractivity contribution in [1.29, 1.82) is 0 Å². The molecule has 0 atom stereocenters. The van der Waals surface area contributed by atoms with Crippen molar-refractivity contribution in [2.45, 2.75) is 25.9 Å². The zero-order valence-electron chi connectivity index (χ0n) is 17.9. The Morgan fingerprint density at radius 2 is 1.71 bits per heavy atom. The Kier molecular flexibility index (Phi) is 6.07. The molecular formula is C23H24ClN5OS. The fraction of sp³-hybridized carbons (Fsp3) is 0.261. The molecule has 2 aromatic carbocycles. The van der Waals surface area contributed by atoms with Gasteiger partial charge in [-0.2, -0.15) is 0 Å². The predicted molar refractivity (Wildman–Crippen MR) is 127 cm³/mol. The van der Waals surface area contributed by atoms with Gasteiger partial charge in [0.25, 0.3) is 5.56 Å². The molecule has 2 aromatic heterocycles. The summed E-state index contributed by atoms with van der Waals surface area (Å²) in [7, 11) is 1.88. The smallest absolute Gasteiger partial charge is 0.283 e. The van der Waals surface area contributed by atoms with Gasteiger partial charge >= 0.3 is 0 Å². The summed E-state index contributed by atoms with van der Waals surface area (Å²) in [5.41, 5.74) is 2.74. The van der Waals surface area contributed by atoms with Crippen LogP contribution in [0.5, 0.6) is 0 Å². The number of halogens is 1. The molecule has 0 amide bonds. The van der Waals surface area contributed by atoms with Crippen LogP contribution in [0.2, 0.25) is 5.02 Å². The maximum atomic E-state index is 13.7. The van der Waals surface area contributed by atoms with E-state index in [-0.39, 0.29) is 5.56 Å². The lowest BCUT2D eigenvalue weighted by Gasteiger charge is -2.10. The van der Waals surface area contributed by atoms with Crippen LogP contribution >= 0.6 is 23.4 Å². The predicted octanol–water partition coefficient (Wildman–Crippen LogP) is 5.13. The zero-order chi connectivity index (χ0) is 22.1. The molecule has 0 bridgehead atoms. The van der Waals surface area contributed by atoms with Crippen LogP contribution in [0.1, 0.15) is 19.5 Å². The Balaban J connectivity index is 1.98. The number of nitrogens with zero attached hydrogens (tertiary/aromatic N) is 5. The molecule has 0 spiro atoms. The first kappa shape index (κ1) is 21.5. The minimum atomic E-state index is -0.134. The van der Waals surface area contributed by atoms with Crippen LogP contribution in [0.15, 0.2) is 64.5 Å². The highest BCUT2D eigenvalue weighted by Gasteiger charge is 2.25. The Labute approximate surface area is 190 Å². The van der Waals surface area contributed by atoms with E-state index >= 15 is 0 Å². The van der Waals surface area contributed by atoms with Gasteiger partial charge in [-0.1, -0.05) is 67.5 Å². The molecule has 4 rings (SSSR count). The SMILES string of the molecule is Cc1c(-n2c(SCC(C)C)nnc2-c2ccccc2Cl)c(=O)n(-c2ccccc2)n1C. The standard InChI is InChI=1S/C23H24ClN5OS/c1-15(2)14-31-23-26-25-21(18-12-8-9-13-19(18)24)28(23)20-16(3)27(4)29(22(20)30)17-10-6-5-7-11-17/h5-13,15H,14H2,1-4H3. The van der Waals surface area contributed by atoms with Crippen molar-refractivity contribution in [3.8, 4) is 22.8 Å². The summed E-state index contributed by atoms with van der Waals surface area (Å²) in [6.45, 7) is 6.24. The van der Waals surface area contributed by atoms with Gasteiger partial charge in [-0.3, -0.25) is 14.0 Å². The van der Waals surface area contributed by atoms with Crippen LogP contribution < -0.4 is 5.56 Å². The zero-order valence-corrected chi connectivity index (χ0v) is 19.5. The summed E-state index contributed by atoms with van der Waals surface area (Å²) in [5.74, 6) is 1.89. The molecule has 0 N–H and O–H groups in total. The van der Waals surface area contributed by atoms with Crippen LogP contribution in [0.3, 0.4) is 0 Å². The van der Waals surface area contributed by atoms with Crippen molar-refractivity contribution in [2.75, 3.05) is 5.75 Å². The quantitative estimate of drug-likeness (QED) is 0.379. The number of hydrogen-bond acceptors (Lipinski definition) is 4. The fourth-order valence-corrected chi connectivity index (χ4v) is 4.54. The third kappa shape index (κ3) is 3.95. The van der Waals surface area contributed by atoms with Gasteiger partial charge in [-0.25, -0.2) is 4.68 Å². The lowest BCUT2D eigenvalue weighted by molar-refractivity contribution is 0.630. The van der Waals surface area contributed by atoms with Crippen LogP contribution in [-0.4, -0.2) is 29.9 Å². The van der Waals surface area contributed by atoms with Gasteiger partial charge in [-0.15, -0.1) is 10.2 Å². The largest absolute Gasteiger partial charge is 0.296 e. The molecular weight excluding hydrogens is 430 g/mol. The molecule has 4 aromatic rings. The molecule has 0 aliphatic carbocycles. The summed E-state index contributed by atoms with van der Waals surface area (Å²) in [6.07, 6.45) is 0.